The molecule has 3 nitrogen and oxygen atoms in total. The fourth-order valence-corrected chi connectivity index (χ4v) is 4.95. The van der Waals surface area contributed by atoms with Crippen molar-refractivity contribution >= 4 is 54.4 Å². The molecule has 0 aliphatic rings. The van der Waals surface area contributed by atoms with E-state index in [1.165, 1.54) is 32.6 Å². The van der Waals surface area contributed by atoms with Gasteiger partial charge in [0.15, 0.2) is 0 Å². The summed E-state index contributed by atoms with van der Waals surface area (Å²) in [6, 6.07) is 32.3. The SMILES string of the molecule is c1ccc(-n2c3ccccc3c3cc4c(cc32)c2ccccc2c2nccnc42)cc1. The minimum atomic E-state index is 0.953. The van der Waals surface area contributed by atoms with Crippen molar-refractivity contribution in [3.05, 3.63) is 103 Å². The third kappa shape index (κ3) is 2.23. The molecule has 0 amide bonds. The van der Waals surface area contributed by atoms with Crippen LogP contribution in [0.5, 0.6) is 0 Å². The summed E-state index contributed by atoms with van der Waals surface area (Å²) in [6.07, 6.45) is 3.56. The van der Waals surface area contributed by atoms with Gasteiger partial charge in [-0.05, 0) is 41.1 Å². The third-order valence-electron chi connectivity index (χ3n) is 6.25. The lowest BCUT2D eigenvalue weighted by Crippen LogP contribution is -1.93. The Kier molecular flexibility index (Phi) is 3.27. The van der Waals surface area contributed by atoms with E-state index >= 15 is 0 Å². The van der Waals surface area contributed by atoms with Crippen LogP contribution < -0.4 is 0 Å². The van der Waals surface area contributed by atoms with Gasteiger partial charge in [-0.3, -0.25) is 9.97 Å². The first-order chi connectivity index (χ1) is 15.4. The lowest BCUT2D eigenvalue weighted by atomic mass is 9.97. The van der Waals surface area contributed by atoms with Gasteiger partial charge in [0.1, 0.15) is 0 Å². The maximum Gasteiger partial charge on any atom is 0.0971 e. The van der Waals surface area contributed by atoms with Crippen LogP contribution in [0.3, 0.4) is 0 Å². The Morgan fingerprint density at radius 3 is 1.90 bits per heavy atom. The zero-order chi connectivity index (χ0) is 20.4. The van der Waals surface area contributed by atoms with Crippen molar-refractivity contribution in [2.45, 2.75) is 0 Å². The Morgan fingerprint density at radius 2 is 1.10 bits per heavy atom. The minimum absolute atomic E-state index is 0.953. The molecule has 0 spiro atoms. The predicted octanol–water partition coefficient (Wildman–Crippen LogP) is 7.03. The largest absolute Gasteiger partial charge is 0.309 e. The van der Waals surface area contributed by atoms with Crippen LogP contribution >= 0.6 is 0 Å². The summed E-state index contributed by atoms with van der Waals surface area (Å²) < 4.78 is 2.36. The van der Waals surface area contributed by atoms with Crippen LogP contribution in [0.25, 0.3) is 60.1 Å². The molecule has 0 radical (unpaired) electrons. The molecule has 7 rings (SSSR count). The highest BCUT2D eigenvalue weighted by atomic mass is 15.0. The first kappa shape index (κ1) is 16.5. The number of aromatic nitrogens is 3. The Labute approximate surface area is 178 Å². The highest BCUT2D eigenvalue weighted by Gasteiger charge is 2.16. The molecule has 0 unspecified atom stereocenters. The zero-order valence-electron chi connectivity index (χ0n) is 16.7. The molecule has 2 aromatic heterocycles. The van der Waals surface area contributed by atoms with Gasteiger partial charge in [0, 0.05) is 39.6 Å². The lowest BCUT2D eigenvalue weighted by Gasteiger charge is -2.11. The molecule has 0 atom stereocenters. The van der Waals surface area contributed by atoms with Crippen LogP contribution in [-0.4, -0.2) is 14.5 Å². The van der Waals surface area contributed by atoms with Gasteiger partial charge in [0.25, 0.3) is 0 Å². The van der Waals surface area contributed by atoms with E-state index in [-0.39, 0.29) is 0 Å². The van der Waals surface area contributed by atoms with Crippen LogP contribution in [0.1, 0.15) is 0 Å². The second-order valence-corrected chi connectivity index (χ2v) is 7.90. The molecular formula is C28H17N3. The Bertz CT molecular complexity index is 1780. The molecule has 5 aromatic carbocycles. The summed E-state index contributed by atoms with van der Waals surface area (Å²) in [5, 5.41) is 7.17. The average molecular weight is 395 g/mol. The Balaban J connectivity index is 1.78. The molecule has 0 bridgehead atoms. The summed E-state index contributed by atoms with van der Waals surface area (Å²) in [5.74, 6) is 0. The van der Waals surface area contributed by atoms with E-state index < -0.39 is 0 Å². The summed E-state index contributed by atoms with van der Waals surface area (Å²) in [5.41, 5.74) is 5.48. The van der Waals surface area contributed by atoms with Gasteiger partial charge in [-0.2, -0.15) is 0 Å². The van der Waals surface area contributed by atoms with Gasteiger partial charge in [0.05, 0.1) is 22.1 Å². The highest BCUT2D eigenvalue weighted by molar-refractivity contribution is 6.27. The lowest BCUT2D eigenvalue weighted by molar-refractivity contribution is 1.18. The van der Waals surface area contributed by atoms with Crippen molar-refractivity contribution in [3.8, 4) is 5.69 Å². The normalized spacial score (nSPS) is 11.9. The van der Waals surface area contributed by atoms with Crippen molar-refractivity contribution in [1.82, 2.24) is 14.5 Å². The number of nitrogens with zero attached hydrogens (tertiary/aromatic N) is 3. The van der Waals surface area contributed by atoms with Crippen LogP contribution in [0.4, 0.5) is 0 Å². The van der Waals surface area contributed by atoms with E-state index in [4.69, 9.17) is 4.98 Å². The third-order valence-corrected chi connectivity index (χ3v) is 6.25. The quantitative estimate of drug-likeness (QED) is 0.279. The molecule has 144 valence electrons. The smallest absolute Gasteiger partial charge is 0.0971 e. The van der Waals surface area contributed by atoms with Crippen LogP contribution in [0.2, 0.25) is 0 Å². The van der Waals surface area contributed by atoms with E-state index in [0.29, 0.717) is 0 Å². The fraction of sp³-hybridized carbons (Fsp3) is 0. The molecule has 0 aliphatic carbocycles. The van der Waals surface area contributed by atoms with E-state index in [9.17, 15) is 0 Å². The second-order valence-electron chi connectivity index (χ2n) is 7.90. The number of hydrogen-bond acceptors (Lipinski definition) is 2. The molecule has 31 heavy (non-hydrogen) atoms. The summed E-state index contributed by atoms with van der Waals surface area (Å²) in [7, 11) is 0. The molecule has 3 heteroatoms. The first-order valence-corrected chi connectivity index (χ1v) is 10.4. The zero-order valence-corrected chi connectivity index (χ0v) is 16.7. The predicted molar refractivity (Wildman–Crippen MR) is 129 cm³/mol. The topological polar surface area (TPSA) is 30.7 Å². The molecular weight excluding hydrogens is 378 g/mol. The van der Waals surface area contributed by atoms with Gasteiger partial charge in [-0.1, -0.05) is 60.7 Å². The van der Waals surface area contributed by atoms with Gasteiger partial charge < -0.3 is 4.57 Å². The Morgan fingerprint density at radius 1 is 0.452 bits per heavy atom. The van der Waals surface area contributed by atoms with Crippen LogP contribution in [-0.2, 0) is 0 Å². The van der Waals surface area contributed by atoms with Gasteiger partial charge in [-0.25, -0.2) is 0 Å². The number of hydrogen-bond donors (Lipinski definition) is 0. The maximum atomic E-state index is 4.74. The summed E-state index contributed by atoms with van der Waals surface area (Å²) in [6.45, 7) is 0. The van der Waals surface area contributed by atoms with Crippen molar-refractivity contribution in [2.75, 3.05) is 0 Å². The molecule has 0 aliphatic heterocycles. The van der Waals surface area contributed by atoms with Gasteiger partial charge in [-0.15, -0.1) is 0 Å². The molecule has 7 aromatic rings. The van der Waals surface area contributed by atoms with Crippen molar-refractivity contribution in [2.24, 2.45) is 0 Å². The molecule has 0 saturated carbocycles. The van der Waals surface area contributed by atoms with E-state index in [1.54, 1.807) is 12.4 Å². The molecule has 0 saturated heterocycles. The summed E-state index contributed by atoms with van der Waals surface area (Å²) >= 11 is 0. The molecule has 0 N–H and O–H groups in total. The number of fused-ring (bicyclic) bond motifs is 9. The Hall–Kier alpha value is -4.24. The standard InChI is InChI=1S/C28H17N3/c1-2-8-18(9-3-1)31-25-13-7-6-11-20(25)23-16-24-22(17-26(23)31)19-10-4-5-12-21(19)27-28(24)30-15-14-29-27/h1-17H. The first-order valence-electron chi connectivity index (χ1n) is 10.4. The van der Waals surface area contributed by atoms with Crippen molar-refractivity contribution < 1.29 is 0 Å². The van der Waals surface area contributed by atoms with Gasteiger partial charge in [0.2, 0.25) is 0 Å². The number of para-hydroxylation sites is 2. The van der Waals surface area contributed by atoms with Crippen LogP contribution in [0.15, 0.2) is 103 Å². The van der Waals surface area contributed by atoms with E-state index in [2.05, 4.69) is 101 Å². The maximum absolute atomic E-state index is 4.74. The second kappa shape index (κ2) is 6.13. The fourth-order valence-electron chi connectivity index (χ4n) is 4.95. The van der Waals surface area contributed by atoms with Crippen LogP contribution in [0, 0.1) is 0 Å². The van der Waals surface area contributed by atoms with E-state index in [0.717, 1.165) is 27.5 Å². The van der Waals surface area contributed by atoms with Gasteiger partial charge >= 0.3 is 0 Å². The average Bonchev–Trinajstić information content (AvgIpc) is 3.17. The molecule has 2 heterocycles. The summed E-state index contributed by atoms with van der Waals surface area (Å²) in [4.78, 5) is 9.43. The highest BCUT2D eigenvalue weighted by Crippen LogP contribution is 2.39. The van der Waals surface area contributed by atoms with Crippen molar-refractivity contribution in [1.29, 1.82) is 0 Å². The monoisotopic (exact) mass is 395 g/mol. The number of benzene rings is 5. The minimum Gasteiger partial charge on any atom is -0.309 e. The number of rotatable bonds is 1. The van der Waals surface area contributed by atoms with Crippen molar-refractivity contribution in [3.63, 3.8) is 0 Å². The molecule has 0 fully saturated rings. The van der Waals surface area contributed by atoms with E-state index in [1.807, 2.05) is 0 Å².